The second-order valence-corrected chi connectivity index (χ2v) is 4.25. The monoisotopic (exact) mass is 321 g/mol. The van der Waals surface area contributed by atoms with Crippen molar-refractivity contribution < 1.29 is 14.7 Å². The lowest BCUT2D eigenvalue weighted by Gasteiger charge is -2.07. The second kappa shape index (κ2) is 5.57. The van der Waals surface area contributed by atoms with E-state index < -0.39 is 11.9 Å². The van der Waals surface area contributed by atoms with E-state index in [1.807, 2.05) is 0 Å². The average Bonchev–Trinajstić information content (AvgIpc) is 2.39. The highest BCUT2D eigenvalue weighted by molar-refractivity contribution is 9.10. The topological polar surface area (TPSA) is 92.2 Å². The number of nitrogens with zero attached hydrogens (tertiary/aromatic N) is 2. The molecule has 1 amide bonds. The number of carboxylic acids is 1. The first-order valence-corrected chi connectivity index (χ1v) is 5.99. The van der Waals surface area contributed by atoms with E-state index >= 15 is 0 Å². The SMILES string of the molecule is O=C(Nc1ncccc1C(=O)O)c1cccnc1Br. The zero-order chi connectivity index (χ0) is 13.8. The molecular formula is C12H8BrN3O3. The summed E-state index contributed by atoms with van der Waals surface area (Å²) in [6, 6.07) is 6.02. The van der Waals surface area contributed by atoms with Gasteiger partial charge in [0.05, 0.1) is 5.56 Å². The van der Waals surface area contributed by atoms with E-state index in [2.05, 4.69) is 31.2 Å². The predicted molar refractivity (Wildman–Crippen MR) is 71.1 cm³/mol. The van der Waals surface area contributed by atoms with Gasteiger partial charge in [0.2, 0.25) is 0 Å². The number of aromatic nitrogens is 2. The Bertz CT molecular complexity index is 646. The number of anilines is 1. The Labute approximate surface area is 116 Å². The molecule has 2 rings (SSSR count). The van der Waals surface area contributed by atoms with Crippen LogP contribution < -0.4 is 5.32 Å². The van der Waals surface area contributed by atoms with E-state index in [9.17, 15) is 9.59 Å². The van der Waals surface area contributed by atoms with Gasteiger partial charge in [-0.25, -0.2) is 14.8 Å². The van der Waals surface area contributed by atoms with E-state index in [4.69, 9.17) is 5.11 Å². The van der Waals surface area contributed by atoms with Gasteiger partial charge in [0.15, 0.2) is 0 Å². The maximum Gasteiger partial charge on any atom is 0.339 e. The Kier molecular flexibility index (Phi) is 3.86. The van der Waals surface area contributed by atoms with E-state index in [1.165, 1.54) is 24.5 Å². The molecular weight excluding hydrogens is 314 g/mol. The Balaban J connectivity index is 2.30. The van der Waals surface area contributed by atoms with Gasteiger partial charge in [0.1, 0.15) is 16.0 Å². The van der Waals surface area contributed by atoms with Crippen molar-refractivity contribution in [3.05, 3.63) is 52.4 Å². The number of carboxylic acid groups (broad SMARTS) is 1. The third-order valence-corrected chi connectivity index (χ3v) is 2.91. The number of nitrogens with one attached hydrogen (secondary N) is 1. The molecule has 0 aliphatic carbocycles. The first-order valence-electron chi connectivity index (χ1n) is 5.20. The standard InChI is InChI=1S/C12H8BrN3O3/c13-9-7(3-1-5-14-9)11(17)16-10-8(12(18)19)4-2-6-15-10/h1-6H,(H,18,19)(H,15,16,17). The highest BCUT2D eigenvalue weighted by atomic mass is 79.9. The van der Waals surface area contributed by atoms with Crippen LogP contribution in [0.25, 0.3) is 0 Å². The van der Waals surface area contributed by atoms with Gasteiger partial charge < -0.3 is 10.4 Å². The summed E-state index contributed by atoms with van der Waals surface area (Å²) in [5.41, 5.74) is 0.223. The fraction of sp³-hybridized carbons (Fsp3) is 0. The summed E-state index contributed by atoms with van der Waals surface area (Å²) >= 11 is 3.15. The zero-order valence-corrected chi connectivity index (χ0v) is 11.1. The number of aromatic carboxylic acids is 1. The number of rotatable bonds is 3. The molecule has 2 N–H and O–H groups in total. The van der Waals surface area contributed by atoms with E-state index in [-0.39, 0.29) is 11.4 Å². The molecule has 2 heterocycles. The fourth-order valence-corrected chi connectivity index (χ4v) is 1.84. The number of pyridine rings is 2. The number of carbonyl (C=O) groups is 2. The van der Waals surface area contributed by atoms with Gasteiger partial charge in [-0.3, -0.25) is 4.79 Å². The molecule has 0 radical (unpaired) electrons. The van der Waals surface area contributed by atoms with Crippen LogP contribution in [-0.4, -0.2) is 27.0 Å². The normalized spacial score (nSPS) is 9.95. The van der Waals surface area contributed by atoms with Crippen LogP contribution in [0.2, 0.25) is 0 Å². The van der Waals surface area contributed by atoms with Crippen LogP contribution in [0.5, 0.6) is 0 Å². The van der Waals surface area contributed by atoms with Crippen LogP contribution in [0.3, 0.4) is 0 Å². The van der Waals surface area contributed by atoms with Crippen LogP contribution in [0.1, 0.15) is 20.7 Å². The van der Waals surface area contributed by atoms with Crippen molar-refractivity contribution in [2.45, 2.75) is 0 Å². The van der Waals surface area contributed by atoms with Crippen molar-refractivity contribution in [1.29, 1.82) is 0 Å². The number of hydrogen-bond donors (Lipinski definition) is 2. The third-order valence-electron chi connectivity index (χ3n) is 2.27. The first kappa shape index (κ1) is 13.2. The summed E-state index contributed by atoms with van der Waals surface area (Å²) in [4.78, 5) is 30.8. The molecule has 0 saturated carbocycles. The first-order chi connectivity index (χ1) is 9.09. The minimum atomic E-state index is -1.16. The van der Waals surface area contributed by atoms with Crippen molar-refractivity contribution in [2.24, 2.45) is 0 Å². The largest absolute Gasteiger partial charge is 0.478 e. The van der Waals surface area contributed by atoms with Gasteiger partial charge in [0.25, 0.3) is 5.91 Å². The molecule has 96 valence electrons. The minimum absolute atomic E-state index is 0.00393. The third kappa shape index (κ3) is 2.94. The maximum atomic E-state index is 12.0. The van der Waals surface area contributed by atoms with Gasteiger partial charge in [-0.05, 0) is 40.2 Å². The van der Waals surface area contributed by atoms with Crippen molar-refractivity contribution in [3.8, 4) is 0 Å². The van der Waals surface area contributed by atoms with E-state index in [1.54, 1.807) is 12.1 Å². The van der Waals surface area contributed by atoms with Crippen LogP contribution >= 0.6 is 15.9 Å². The number of carbonyl (C=O) groups excluding carboxylic acids is 1. The van der Waals surface area contributed by atoms with Crippen molar-refractivity contribution in [3.63, 3.8) is 0 Å². The van der Waals surface area contributed by atoms with Crippen LogP contribution in [-0.2, 0) is 0 Å². The lowest BCUT2D eigenvalue weighted by molar-refractivity contribution is 0.0697. The van der Waals surface area contributed by atoms with Crippen molar-refractivity contribution in [2.75, 3.05) is 5.32 Å². The number of amides is 1. The molecule has 0 aromatic carbocycles. The summed E-state index contributed by atoms with van der Waals surface area (Å²) in [6.45, 7) is 0. The maximum absolute atomic E-state index is 12.0. The molecule has 0 saturated heterocycles. The summed E-state index contributed by atoms with van der Waals surface area (Å²) in [6.07, 6.45) is 2.94. The van der Waals surface area contributed by atoms with Gasteiger partial charge in [-0.1, -0.05) is 0 Å². The molecule has 0 spiro atoms. The predicted octanol–water partition coefficient (Wildman–Crippen LogP) is 2.19. The van der Waals surface area contributed by atoms with Crippen molar-refractivity contribution in [1.82, 2.24) is 9.97 Å². The Morgan fingerprint density at radius 2 is 1.74 bits per heavy atom. The molecule has 0 fully saturated rings. The summed E-state index contributed by atoms with van der Waals surface area (Å²) < 4.78 is 0.375. The quantitative estimate of drug-likeness (QED) is 0.845. The molecule has 0 aliphatic rings. The fourth-order valence-electron chi connectivity index (χ4n) is 1.41. The van der Waals surface area contributed by atoms with Crippen molar-refractivity contribution >= 4 is 33.6 Å². The number of hydrogen-bond acceptors (Lipinski definition) is 4. The Hall–Kier alpha value is -2.28. The molecule has 0 atom stereocenters. The Morgan fingerprint density at radius 1 is 1.11 bits per heavy atom. The van der Waals surface area contributed by atoms with Gasteiger partial charge in [0, 0.05) is 12.4 Å². The van der Waals surface area contributed by atoms with E-state index in [0.29, 0.717) is 10.2 Å². The number of halogens is 1. The van der Waals surface area contributed by atoms with Gasteiger partial charge in [-0.15, -0.1) is 0 Å². The molecule has 2 aromatic heterocycles. The minimum Gasteiger partial charge on any atom is -0.478 e. The van der Waals surface area contributed by atoms with Crippen LogP contribution in [0, 0.1) is 0 Å². The molecule has 19 heavy (non-hydrogen) atoms. The summed E-state index contributed by atoms with van der Waals surface area (Å²) in [5, 5.41) is 11.4. The smallest absolute Gasteiger partial charge is 0.339 e. The molecule has 0 unspecified atom stereocenters. The van der Waals surface area contributed by atoms with Crippen LogP contribution in [0.15, 0.2) is 41.3 Å². The lowest BCUT2D eigenvalue weighted by Crippen LogP contribution is -2.16. The second-order valence-electron chi connectivity index (χ2n) is 3.50. The molecule has 0 bridgehead atoms. The highest BCUT2D eigenvalue weighted by Crippen LogP contribution is 2.16. The molecule has 7 heteroatoms. The van der Waals surface area contributed by atoms with Gasteiger partial charge >= 0.3 is 5.97 Å². The van der Waals surface area contributed by atoms with Crippen LogP contribution in [0.4, 0.5) is 5.82 Å². The molecule has 2 aromatic rings. The molecule has 6 nitrogen and oxygen atoms in total. The zero-order valence-electron chi connectivity index (χ0n) is 9.50. The van der Waals surface area contributed by atoms with E-state index in [0.717, 1.165) is 0 Å². The average molecular weight is 322 g/mol. The highest BCUT2D eigenvalue weighted by Gasteiger charge is 2.16. The van der Waals surface area contributed by atoms with Gasteiger partial charge in [-0.2, -0.15) is 0 Å². The summed E-state index contributed by atoms with van der Waals surface area (Å²) in [7, 11) is 0. The molecule has 0 aliphatic heterocycles. The lowest BCUT2D eigenvalue weighted by atomic mass is 10.2. The summed E-state index contributed by atoms with van der Waals surface area (Å²) in [5.74, 6) is -1.65. The Morgan fingerprint density at radius 3 is 2.37 bits per heavy atom.